The largest absolute Gasteiger partial charge is 0.373 e. The predicted octanol–water partition coefficient (Wildman–Crippen LogP) is 4.62. The molecule has 0 aromatic carbocycles. The first kappa shape index (κ1) is 18.3. The van der Waals surface area contributed by atoms with Crippen molar-refractivity contribution in [3.05, 3.63) is 16.0 Å². The molecule has 0 saturated carbocycles. The summed E-state index contributed by atoms with van der Waals surface area (Å²) >= 11 is 8.29. The van der Waals surface area contributed by atoms with E-state index in [1.807, 2.05) is 5.32 Å². The van der Waals surface area contributed by atoms with Gasteiger partial charge in [0.2, 0.25) is 5.28 Å². The zero-order valence-corrected chi connectivity index (χ0v) is 12.8. The summed E-state index contributed by atoms with van der Waals surface area (Å²) in [5, 5.41) is 1.53. The fraction of sp³-hybridized carbons (Fsp3) is 0.600. The highest BCUT2D eigenvalue weighted by molar-refractivity contribution is 9.10. The molecule has 1 rings (SSSR count). The molecule has 0 unspecified atom stereocenters. The van der Waals surface area contributed by atoms with Crippen molar-refractivity contribution in [1.29, 1.82) is 0 Å². The van der Waals surface area contributed by atoms with Gasteiger partial charge in [-0.2, -0.15) is 31.3 Å². The molecule has 0 amide bonds. The third kappa shape index (κ3) is 3.71. The lowest BCUT2D eigenvalue weighted by Crippen LogP contribution is -2.56. The fourth-order valence-electron chi connectivity index (χ4n) is 1.26. The number of halogens is 8. The third-order valence-electron chi connectivity index (χ3n) is 2.56. The first-order valence-corrected chi connectivity index (χ1v) is 6.67. The van der Waals surface area contributed by atoms with Crippen LogP contribution in [0.2, 0.25) is 5.28 Å². The smallest absolute Gasteiger partial charge is 0.363 e. The number of hydrogen-bond donors (Lipinski definition) is 1. The van der Waals surface area contributed by atoms with Crippen LogP contribution in [-0.2, 0) is 0 Å². The Kier molecular flexibility index (Phi) is 5.36. The van der Waals surface area contributed by atoms with Crippen molar-refractivity contribution in [1.82, 2.24) is 9.97 Å². The van der Waals surface area contributed by atoms with E-state index < -0.39 is 30.7 Å². The normalized spacial score (nSPS) is 13.4. The molecule has 21 heavy (non-hydrogen) atoms. The second-order valence-corrected chi connectivity index (χ2v) is 5.22. The van der Waals surface area contributed by atoms with Gasteiger partial charge in [0.1, 0.15) is 5.82 Å². The van der Waals surface area contributed by atoms with Crippen molar-refractivity contribution < 1.29 is 26.3 Å². The molecule has 0 fully saturated rings. The summed E-state index contributed by atoms with van der Waals surface area (Å²) < 4.78 is 79.4. The van der Waals surface area contributed by atoms with Crippen molar-refractivity contribution in [3.8, 4) is 0 Å². The molecule has 0 spiro atoms. The molecule has 0 saturated heterocycles. The monoisotopic (exact) mass is 399 g/mol. The van der Waals surface area contributed by atoms with E-state index in [-0.39, 0.29) is 15.6 Å². The molecule has 120 valence electrons. The number of anilines is 1. The summed E-state index contributed by atoms with van der Waals surface area (Å²) in [6.07, 6.45) is -0.326. The van der Waals surface area contributed by atoms with Crippen molar-refractivity contribution in [2.24, 2.45) is 0 Å². The number of aromatic nitrogens is 2. The van der Waals surface area contributed by atoms with Crippen LogP contribution in [0.25, 0.3) is 0 Å². The van der Waals surface area contributed by atoms with Crippen molar-refractivity contribution in [2.45, 2.75) is 31.1 Å². The molecule has 0 aliphatic rings. The average Bonchev–Trinajstić information content (AvgIpc) is 2.39. The van der Waals surface area contributed by atoms with Crippen LogP contribution in [0, 0.1) is 0 Å². The van der Waals surface area contributed by atoms with Gasteiger partial charge < -0.3 is 5.32 Å². The summed E-state index contributed by atoms with van der Waals surface area (Å²) in [6.45, 7) is -1.06. The highest BCUT2D eigenvalue weighted by Gasteiger charge is 2.70. The molecule has 0 aliphatic heterocycles. The van der Waals surface area contributed by atoms with E-state index in [4.69, 9.17) is 11.6 Å². The topological polar surface area (TPSA) is 37.8 Å². The Morgan fingerprint density at radius 1 is 1.19 bits per heavy atom. The van der Waals surface area contributed by atoms with Gasteiger partial charge in [-0.1, -0.05) is 6.92 Å². The Balaban J connectivity index is 2.93. The summed E-state index contributed by atoms with van der Waals surface area (Å²) in [5.74, 6) is -15.7. The second-order valence-electron chi connectivity index (χ2n) is 4.03. The minimum absolute atomic E-state index is 0.0632. The second kappa shape index (κ2) is 6.15. The van der Waals surface area contributed by atoms with Gasteiger partial charge >= 0.3 is 17.8 Å². The van der Waals surface area contributed by atoms with Crippen LogP contribution in [0.5, 0.6) is 0 Å². The Morgan fingerprint density at radius 3 is 2.29 bits per heavy atom. The van der Waals surface area contributed by atoms with Gasteiger partial charge in [0.25, 0.3) is 0 Å². The number of rotatable bonds is 6. The zero-order valence-electron chi connectivity index (χ0n) is 10.4. The fourth-order valence-corrected chi connectivity index (χ4v) is 1.73. The molecule has 1 N–H and O–H groups in total. The Hall–Kier alpha value is -0.770. The SMILES string of the molecule is CCC(F)(F)C(F)(F)C(F)(F)CNc1nc(Cl)ncc1Br. The van der Waals surface area contributed by atoms with E-state index >= 15 is 0 Å². The van der Waals surface area contributed by atoms with E-state index in [0.717, 1.165) is 6.20 Å². The highest BCUT2D eigenvalue weighted by Crippen LogP contribution is 2.47. The summed E-state index contributed by atoms with van der Waals surface area (Å²) in [6, 6.07) is 0. The summed E-state index contributed by atoms with van der Waals surface area (Å²) in [4.78, 5) is 6.97. The maximum Gasteiger partial charge on any atom is 0.373 e. The van der Waals surface area contributed by atoms with Gasteiger partial charge in [-0.15, -0.1) is 0 Å². The summed E-state index contributed by atoms with van der Waals surface area (Å²) in [5.41, 5.74) is 0. The number of nitrogens with zero attached hydrogens (tertiary/aromatic N) is 2. The van der Waals surface area contributed by atoms with Gasteiger partial charge in [-0.3, -0.25) is 0 Å². The first-order chi connectivity index (χ1) is 9.44. The van der Waals surface area contributed by atoms with Crippen LogP contribution in [0.1, 0.15) is 13.3 Å². The molecule has 0 atom stereocenters. The minimum Gasteiger partial charge on any atom is -0.363 e. The minimum atomic E-state index is -5.51. The van der Waals surface area contributed by atoms with Crippen LogP contribution in [0.15, 0.2) is 10.7 Å². The molecular formula is C10H9BrClF6N3. The Bertz CT molecular complexity index is 514. The molecule has 0 radical (unpaired) electrons. The Labute approximate surface area is 129 Å². The van der Waals surface area contributed by atoms with Crippen LogP contribution >= 0.6 is 27.5 Å². The number of nitrogens with one attached hydrogen (secondary N) is 1. The van der Waals surface area contributed by atoms with E-state index in [0.29, 0.717) is 6.92 Å². The van der Waals surface area contributed by atoms with Crippen molar-refractivity contribution in [3.63, 3.8) is 0 Å². The molecular weight excluding hydrogens is 391 g/mol. The quantitative estimate of drug-likeness (QED) is 0.559. The lowest BCUT2D eigenvalue weighted by molar-refractivity contribution is -0.304. The zero-order chi connectivity index (χ0) is 16.5. The van der Waals surface area contributed by atoms with Gasteiger partial charge in [0, 0.05) is 12.6 Å². The van der Waals surface area contributed by atoms with E-state index in [1.165, 1.54) is 0 Å². The van der Waals surface area contributed by atoms with Gasteiger partial charge in [0.15, 0.2) is 0 Å². The van der Waals surface area contributed by atoms with Gasteiger partial charge in [0.05, 0.1) is 11.0 Å². The van der Waals surface area contributed by atoms with Crippen molar-refractivity contribution >= 4 is 33.3 Å². The number of alkyl halides is 6. The highest BCUT2D eigenvalue weighted by atomic mass is 79.9. The lowest BCUT2D eigenvalue weighted by atomic mass is 10.0. The number of hydrogen-bond acceptors (Lipinski definition) is 3. The predicted molar refractivity (Wildman–Crippen MR) is 68.4 cm³/mol. The molecule has 1 aromatic rings. The molecule has 1 heterocycles. The van der Waals surface area contributed by atoms with Gasteiger partial charge in [-0.25, -0.2) is 4.98 Å². The maximum absolute atomic E-state index is 13.4. The Morgan fingerprint density at radius 2 is 1.76 bits per heavy atom. The molecule has 0 aliphatic carbocycles. The molecule has 3 nitrogen and oxygen atoms in total. The third-order valence-corrected chi connectivity index (χ3v) is 3.32. The van der Waals surface area contributed by atoms with Gasteiger partial charge in [-0.05, 0) is 27.5 Å². The molecule has 0 bridgehead atoms. The molecule has 1 aromatic heterocycles. The standard InChI is InChI=1S/C10H9BrClF6N3/c1-2-8(13,14)10(17,18)9(15,16)4-20-6-5(11)3-19-7(12)21-6/h3H,2,4H2,1H3,(H,19,20,21). The van der Waals surface area contributed by atoms with Crippen LogP contribution in [-0.4, -0.2) is 34.3 Å². The summed E-state index contributed by atoms with van der Waals surface area (Å²) in [7, 11) is 0. The van der Waals surface area contributed by atoms with Crippen molar-refractivity contribution in [2.75, 3.05) is 11.9 Å². The first-order valence-electron chi connectivity index (χ1n) is 5.50. The van der Waals surface area contributed by atoms with E-state index in [9.17, 15) is 26.3 Å². The van der Waals surface area contributed by atoms with Crippen LogP contribution in [0.3, 0.4) is 0 Å². The lowest BCUT2D eigenvalue weighted by Gasteiger charge is -2.32. The van der Waals surface area contributed by atoms with Crippen LogP contribution in [0.4, 0.5) is 32.2 Å². The maximum atomic E-state index is 13.4. The average molecular weight is 401 g/mol. The molecule has 11 heteroatoms. The van der Waals surface area contributed by atoms with E-state index in [1.54, 1.807) is 0 Å². The van der Waals surface area contributed by atoms with Crippen LogP contribution < -0.4 is 5.32 Å². The van der Waals surface area contributed by atoms with E-state index in [2.05, 4.69) is 25.9 Å².